The standard InChI is InChI=1S/C22H27FN2O2/c1-3-7-21(26)25(16-19-10-12-20(23)13-11-19)17(2)22(27)24-15-14-18-8-5-4-6-9-18/h4-6,8-13,17H,3,7,14-16H2,1-2H3,(H,24,27). The summed E-state index contributed by atoms with van der Waals surface area (Å²) in [6, 6.07) is 15.3. The summed E-state index contributed by atoms with van der Waals surface area (Å²) in [5.41, 5.74) is 1.94. The molecule has 0 aliphatic carbocycles. The van der Waals surface area contributed by atoms with Gasteiger partial charge in [-0.05, 0) is 43.0 Å². The molecule has 0 fully saturated rings. The molecule has 1 unspecified atom stereocenters. The Morgan fingerprint density at radius 1 is 1.04 bits per heavy atom. The molecule has 0 heterocycles. The number of halogens is 1. The molecule has 1 N–H and O–H groups in total. The Morgan fingerprint density at radius 2 is 1.70 bits per heavy atom. The van der Waals surface area contributed by atoms with Crippen molar-refractivity contribution in [2.75, 3.05) is 6.54 Å². The lowest BCUT2D eigenvalue weighted by Gasteiger charge is -2.28. The van der Waals surface area contributed by atoms with Gasteiger partial charge in [-0.15, -0.1) is 0 Å². The minimum absolute atomic E-state index is 0.0764. The van der Waals surface area contributed by atoms with Gasteiger partial charge in [0.2, 0.25) is 11.8 Å². The highest BCUT2D eigenvalue weighted by atomic mass is 19.1. The van der Waals surface area contributed by atoms with Crippen molar-refractivity contribution in [1.29, 1.82) is 0 Å². The number of carbonyl (C=O) groups is 2. The second kappa shape index (κ2) is 10.5. The van der Waals surface area contributed by atoms with Crippen molar-refractivity contribution in [1.82, 2.24) is 10.2 Å². The van der Waals surface area contributed by atoms with Crippen LogP contribution in [0, 0.1) is 5.82 Å². The fourth-order valence-corrected chi connectivity index (χ4v) is 2.85. The first-order valence-corrected chi connectivity index (χ1v) is 9.36. The summed E-state index contributed by atoms with van der Waals surface area (Å²) in [7, 11) is 0. The molecule has 0 aromatic heterocycles. The second-order valence-corrected chi connectivity index (χ2v) is 6.60. The second-order valence-electron chi connectivity index (χ2n) is 6.60. The van der Waals surface area contributed by atoms with Crippen LogP contribution in [0.25, 0.3) is 0 Å². The first kappa shape index (κ1) is 20.6. The smallest absolute Gasteiger partial charge is 0.242 e. The molecule has 0 radical (unpaired) electrons. The topological polar surface area (TPSA) is 49.4 Å². The third-order valence-electron chi connectivity index (χ3n) is 4.45. The maximum atomic E-state index is 13.1. The van der Waals surface area contributed by atoms with E-state index in [1.54, 1.807) is 24.0 Å². The monoisotopic (exact) mass is 370 g/mol. The summed E-state index contributed by atoms with van der Waals surface area (Å²) in [4.78, 5) is 26.7. The van der Waals surface area contributed by atoms with E-state index in [1.807, 2.05) is 37.3 Å². The van der Waals surface area contributed by atoms with Gasteiger partial charge in [0.15, 0.2) is 0 Å². The van der Waals surface area contributed by atoms with Gasteiger partial charge in [-0.2, -0.15) is 0 Å². The molecule has 0 saturated heterocycles. The molecule has 5 heteroatoms. The number of benzene rings is 2. The molecule has 1 atom stereocenters. The maximum absolute atomic E-state index is 13.1. The number of amides is 2. The number of nitrogens with zero attached hydrogens (tertiary/aromatic N) is 1. The number of carbonyl (C=O) groups excluding carboxylic acids is 2. The lowest BCUT2D eigenvalue weighted by Crippen LogP contribution is -2.47. The molecule has 2 amide bonds. The highest BCUT2D eigenvalue weighted by molar-refractivity contribution is 5.87. The first-order valence-electron chi connectivity index (χ1n) is 9.36. The van der Waals surface area contributed by atoms with Crippen LogP contribution in [0.5, 0.6) is 0 Å². The SMILES string of the molecule is CCCC(=O)N(Cc1ccc(F)cc1)C(C)C(=O)NCCc1ccccc1. The van der Waals surface area contributed by atoms with Gasteiger partial charge in [-0.1, -0.05) is 49.4 Å². The molecule has 4 nitrogen and oxygen atoms in total. The fourth-order valence-electron chi connectivity index (χ4n) is 2.85. The lowest BCUT2D eigenvalue weighted by molar-refractivity contribution is -0.140. The van der Waals surface area contributed by atoms with Gasteiger partial charge < -0.3 is 10.2 Å². The van der Waals surface area contributed by atoms with Crippen molar-refractivity contribution in [3.63, 3.8) is 0 Å². The fraction of sp³-hybridized carbons (Fsp3) is 0.364. The zero-order valence-electron chi connectivity index (χ0n) is 16.0. The molecule has 27 heavy (non-hydrogen) atoms. The van der Waals surface area contributed by atoms with E-state index >= 15 is 0 Å². The average Bonchev–Trinajstić information content (AvgIpc) is 2.68. The van der Waals surface area contributed by atoms with Gasteiger partial charge in [-0.3, -0.25) is 9.59 Å². The van der Waals surface area contributed by atoms with E-state index in [2.05, 4.69) is 5.32 Å². The van der Waals surface area contributed by atoms with Crippen LogP contribution in [0.4, 0.5) is 4.39 Å². The van der Waals surface area contributed by atoms with Crippen molar-refractivity contribution < 1.29 is 14.0 Å². The van der Waals surface area contributed by atoms with Crippen LogP contribution in [0.15, 0.2) is 54.6 Å². The summed E-state index contributed by atoms with van der Waals surface area (Å²) in [6.45, 7) is 4.46. The van der Waals surface area contributed by atoms with Gasteiger partial charge in [0.05, 0.1) is 0 Å². The van der Waals surface area contributed by atoms with Crippen LogP contribution in [0.2, 0.25) is 0 Å². The minimum Gasteiger partial charge on any atom is -0.354 e. The molecule has 2 aromatic carbocycles. The van der Waals surface area contributed by atoms with Gasteiger partial charge in [0.25, 0.3) is 0 Å². The summed E-state index contributed by atoms with van der Waals surface area (Å²) in [5.74, 6) is -0.582. The predicted molar refractivity (Wildman–Crippen MR) is 104 cm³/mol. The lowest BCUT2D eigenvalue weighted by atomic mass is 10.1. The van der Waals surface area contributed by atoms with E-state index in [0.29, 0.717) is 19.4 Å². The molecule has 2 aromatic rings. The molecule has 0 saturated carbocycles. The number of nitrogens with one attached hydrogen (secondary N) is 1. The average molecular weight is 370 g/mol. The number of rotatable bonds is 9. The van der Waals surface area contributed by atoms with E-state index < -0.39 is 6.04 Å². The molecule has 2 rings (SSSR count). The van der Waals surface area contributed by atoms with Crippen molar-refractivity contribution in [2.24, 2.45) is 0 Å². The van der Waals surface area contributed by atoms with Crippen molar-refractivity contribution in [3.05, 3.63) is 71.5 Å². The summed E-state index contributed by atoms with van der Waals surface area (Å²) < 4.78 is 13.1. The Bertz CT molecular complexity index is 732. The molecular formula is C22H27FN2O2. The van der Waals surface area contributed by atoms with E-state index in [0.717, 1.165) is 17.5 Å². The Labute approximate surface area is 160 Å². The Morgan fingerprint density at radius 3 is 2.33 bits per heavy atom. The van der Waals surface area contributed by atoms with Crippen LogP contribution in [0.1, 0.15) is 37.8 Å². The van der Waals surface area contributed by atoms with E-state index in [1.165, 1.54) is 12.1 Å². The maximum Gasteiger partial charge on any atom is 0.242 e. The van der Waals surface area contributed by atoms with Gasteiger partial charge >= 0.3 is 0 Å². The van der Waals surface area contributed by atoms with E-state index in [9.17, 15) is 14.0 Å². The van der Waals surface area contributed by atoms with Gasteiger partial charge in [0.1, 0.15) is 11.9 Å². The summed E-state index contributed by atoms with van der Waals surface area (Å²) in [5, 5.41) is 2.91. The first-order chi connectivity index (χ1) is 13.0. The Hall–Kier alpha value is -2.69. The zero-order chi connectivity index (χ0) is 19.6. The molecule has 0 bridgehead atoms. The van der Waals surface area contributed by atoms with Gasteiger partial charge in [-0.25, -0.2) is 4.39 Å². The zero-order valence-corrected chi connectivity index (χ0v) is 16.0. The predicted octanol–water partition coefficient (Wildman–Crippen LogP) is 3.70. The van der Waals surface area contributed by atoms with E-state index in [-0.39, 0.29) is 24.2 Å². The third-order valence-corrected chi connectivity index (χ3v) is 4.45. The Balaban J connectivity index is 1.98. The van der Waals surface area contributed by atoms with Crippen molar-refractivity contribution in [3.8, 4) is 0 Å². The minimum atomic E-state index is -0.593. The molecule has 0 aliphatic heterocycles. The van der Waals surface area contributed by atoms with Crippen LogP contribution in [-0.4, -0.2) is 29.3 Å². The molecule has 0 spiro atoms. The van der Waals surface area contributed by atoms with Gasteiger partial charge in [0, 0.05) is 19.5 Å². The van der Waals surface area contributed by atoms with Crippen LogP contribution in [0.3, 0.4) is 0 Å². The summed E-state index contributed by atoms with van der Waals surface area (Å²) in [6.07, 6.45) is 1.82. The highest BCUT2D eigenvalue weighted by Crippen LogP contribution is 2.12. The largest absolute Gasteiger partial charge is 0.354 e. The normalized spacial score (nSPS) is 11.7. The van der Waals surface area contributed by atoms with Crippen molar-refractivity contribution >= 4 is 11.8 Å². The molecule has 0 aliphatic rings. The number of hydrogen-bond donors (Lipinski definition) is 1. The Kier molecular flexibility index (Phi) is 7.99. The third kappa shape index (κ3) is 6.51. The van der Waals surface area contributed by atoms with Crippen LogP contribution >= 0.6 is 0 Å². The highest BCUT2D eigenvalue weighted by Gasteiger charge is 2.25. The molecular weight excluding hydrogens is 343 g/mol. The quantitative estimate of drug-likeness (QED) is 0.732. The van der Waals surface area contributed by atoms with Crippen LogP contribution in [-0.2, 0) is 22.6 Å². The van der Waals surface area contributed by atoms with Crippen LogP contribution < -0.4 is 5.32 Å². The van der Waals surface area contributed by atoms with Crippen molar-refractivity contribution in [2.45, 2.75) is 45.7 Å². The van der Waals surface area contributed by atoms with E-state index in [4.69, 9.17) is 0 Å². The molecule has 144 valence electrons. The summed E-state index contributed by atoms with van der Waals surface area (Å²) >= 11 is 0. The number of hydrogen-bond acceptors (Lipinski definition) is 2.